The van der Waals surface area contributed by atoms with Crippen LogP contribution in [0.15, 0.2) is 0 Å². The molecule has 1 atom stereocenters. The third kappa shape index (κ3) is 4.15. The third-order valence-electron chi connectivity index (χ3n) is 4.40. The first-order valence-corrected chi connectivity index (χ1v) is 9.49. The SMILES string of the molecule is O=C(NCCc1nnc2n1CCCCC2)NC[C@@H]1CCSC1. The number of hydrogen-bond acceptors (Lipinski definition) is 4. The maximum atomic E-state index is 11.8. The number of nitrogens with zero attached hydrogens (tertiary/aromatic N) is 3. The second-order valence-corrected chi connectivity index (χ2v) is 7.26. The number of thioether (sulfide) groups is 1. The molecule has 22 heavy (non-hydrogen) atoms. The summed E-state index contributed by atoms with van der Waals surface area (Å²) in [6, 6.07) is -0.0625. The summed E-state index contributed by atoms with van der Waals surface area (Å²) < 4.78 is 2.24. The highest BCUT2D eigenvalue weighted by atomic mass is 32.2. The minimum absolute atomic E-state index is 0.0625. The summed E-state index contributed by atoms with van der Waals surface area (Å²) in [6.45, 7) is 2.42. The molecule has 2 amide bonds. The predicted octanol–water partition coefficient (Wildman–Crippen LogP) is 1.60. The van der Waals surface area contributed by atoms with Gasteiger partial charge in [0.15, 0.2) is 0 Å². The summed E-state index contributed by atoms with van der Waals surface area (Å²) in [5, 5.41) is 14.5. The topological polar surface area (TPSA) is 71.8 Å². The number of fused-ring (bicyclic) bond motifs is 1. The monoisotopic (exact) mass is 323 g/mol. The number of carbonyl (C=O) groups excluding carboxylic acids is 1. The molecule has 0 saturated carbocycles. The zero-order chi connectivity index (χ0) is 15.2. The van der Waals surface area contributed by atoms with Crippen molar-refractivity contribution in [2.24, 2.45) is 5.92 Å². The van der Waals surface area contributed by atoms with Gasteiger partial charge in [0.1, 0.15) is 11.6 Å². The number of nitrogens with one attached hydrogen (secondary N) is 2. The molecule has 2 N–H and O–H groups in total. The molecule has 0 bridgehead atoms. The standard InChI is InChI=1S/C15H25N5OS/c21-15(17-10-12-6-9-22-11-12)16-7-5-14-19-18-13-4-2-1-3-8-20(13)14/h12H,1-11H2,(H2,16,17,21)/t12-/m0/s1. The van der Waals surface area contributed by atoms with E-state index in [0.29, 0.717) is 12.5 Å². The van der Waals surface area contributed by atoms with Crippen molar-refractivity contribution in [3.05, 3.63) is 11.6 Å². The van der Waals surface area contributed by atoms with Gasteiger partial charge in [-0.3, -0.25) is 0 Å². The van der Waals surface area contributed by atoms with Crippen LogP contribution in [0, 0.1) is 5.92 Å². The molecule has 1 saturated heterocycles. The van der Waals surface area contributed by atoms with Crippen LogP contribution in [0.25, 0.3) is 0 Å². The maximum Gasteiger partial charge on any atom is 0.314 e. The van der Waals surface area contributed by atoms with E-state index in [1.807, 2.05) is 11.8 Å². The van der Waals surface area contributed by atoms with Gasteiger partial charge in [-0.1, -0.05) is 6.42 Å². The second-order valence-electron chi connectivity index (χ2n) is 6.11. The summed E-state index contributed by atoms with van der Waals surface area (Å²) in [5.41, 5.74) is 0. The molecule has 0 radical (unpaired) electrons. The van der Waals surface area contributed by atoms with Gasteiger partial charge >= 0.3 is 6.03 Å². The lowest BCUT2D eigenvalue weighted by atomic mass is 10.1. The lowest BCUT2D eigenvalue weighted by molar-refractivity contribution is 0.239. The van der Waals surface area contributed by atoms with Gasteiger partial charge in [0, 0.05) is 32.5 Å². The van der Waals surface area contributed by atoms with Crippen molar-refractivity contribution in [2.75, 3.05) is 24.6 Å². The Labute approximate surface area is 135 Å². The van der Waals surface area contributed by atoms with Gasteiger partial charge in [-0.05, 0) is 36.7 Å². The zero-order valence-electron chi connectivity index (χ0n) is 13.0. The van der Waals surface area contributed by atoms with Crippen molar-refractivity contribution in [3.8, 4) is 0 Å². The summed E-state index contributed by atoms with van der Waals surface area (Å²) in [5.74, 6) is 5.15. The van der Waals surface area contributed by atoms with Crippen molar-refractivity contribution < 1.29 is 4.79 Å². The van der Waals surface area contributed by atoms with E-state index in [9.17, 15) is 4.79 Å². The third-order valence-corrected chi connectivity index (χ3v) is 5.63. The van der Waals surface area contributed by atoms with E-state index in [1.54, 1.807) is 0 Å². The van der Waals surface area contributed by atoms with Crippen LogP contribution >= 0.6 is 11.8 Å². The quantitative estimate of drug-likeness (QED) is 0.863. The van der Waals surface area contributed by atoms with Gasteiger partial charge in [-0.15, -0.1) is 10.2 Å². The van der Waals surface area contributed by atoms with E-state index >= 15 is 0 Å². The molecule has 3 rings (SSSR count). The molecule has 0 spiro atoms. The Morgan fingerprint density at radius 2 is 2.23 bits per heavy atom. The van der Waals surface area contributed by atoms with Crippen LogP contribution in [0.1, 0.15) is 37.3 Å². The Hall–Kier alpha value is -1.24. The Morgan fingerprint density at radius 1 is 1.27 bits per heavy atom. The maximum absolute atomic E-state index is 11.8. The number of rotatable bonds is 5. The van der Waals surface area contributed by atoms with E-state index in [2.05, 4.69) is 25.4 Å². The van der Waals surface area contributed by atoms with Crippen LogP contribution in [0.5, 0.6) is 0 Å². The van der Waals surface area contributed by atoms with Crippen molar-refractivity contribution in [2.45, 2.75) is 45.1 Å². The van der Waals surface area contributed by atoms with Crippen LogP contribution in [-0.2, 0) is 19.4 Å². The highest BCUT2D eigenvalue weighted by molar-refractivity contribution is 7.99. The highest BCUT2D eigenvalue weighted by Crippen LogP contribution is 2.22. The number of hydrogen-bond donors (Lipinski definition) is 2. The van der Waals surface area contributed by atoms with Crippen LogP contribution in [-0.4, -0.2) is 45.4 Å². The van der Waals surface area contributed by atoms with Gasteiger partial charge in [0.25, 0.3) is 0 Å². The van der Waals surface area contributed by atoms with E-state index in [1.165, 1.54) is 37.2 Å². The largest absolute Gasteiger partial charge is 0.338 e. The fourth-order valence-corrected chi connectivity index (χ4v) is 4.35. The lowest BCUT2D eigenvalue weighted by Crippen LogP contribution is -2.39. The molecule has 2 aliphatic rings. The number of amides is 2. The molecule has 7 heteroatoms. The summed E-state index contributed by atoms with van der Waals surface area (Å²) in [7, 11) is 0. The normalized spacial score (nSPS) is 21.2. The van der Waals surface area contributed by atoms with Crippen LogP contribution in [0.4, 0.5) is 4.79 Å². The molecule has 1 aromatic heterocycles. The molecule has 0 aromatic carbocycles. The van der Waals surface area contributed by atoms with Crippen LogP contribution < -0.4 is 10.6 Å². The summed E-state index contributed by atoms with van der Waals surface area (Å²) >= 11 is 1.98. The molecule has 6 nitrogen and oxygen atoms in total. The van der Waals surface area contributed by atoms with Crippen molar-refractivity contribution in [3.63, 3.8) is 0 Å². The van der Waals surface area contributed by atoms with E-state index in [0.717, 1.165) is 37.6 Å². The molecular weight excluding hydrogens is 298 g/mol. The molecule has 0 aliphatic carbocycles. The minimum atomic E-state index is -0.0625. The summed E-state index contributed by atoms with van der Waals surface area (Å²) in [6.07, 6.45) is 6.67. The molecule has 2 aliphatic heterocycles. The Bertz CT molecular complexity index is 498. The molecular formula is C15H25N5OS. The molecule has 122 valence electrons. The van der Waals surface area contributed by atoms with E-state index in [4.69, 9.17) is 0 Å². The van der Waals surface area contributed by atoms with Crippen molar-refractivity contribution in [1.29, 1.82) is 0 Å². The van der Waals surface area contributed by atoms with Gasteiger partial charge in [-0.25, -0.2) is 4.79 Å². The number of carbonyl (C=O) groups is 1. The minimum Gasteiger partial charge on any atom is -0.338 e. The fraction of sp³-hybridized carbons (Fsp3) is 0.800. The Balaban J connectivity index is 1.39. The van der Waals surface area contributed by atoms with Crippen molar-refractivity contribution >= 4 is 17.8 Å². The van der Waals surface area contributed by atoms with Crippen LogP contribution in [0.2, 0.25) is 0 Å². The molecule has 0 unspecified atom stereocenters. The smallest absolute Gasteiger partial charge is 0.314 e. The molecule has 1 fully saturated rings. The number of aromatic nitrogens is 3. The molecule has 3 heterocycles. The first kappa shape index (κ1) is 15.6. The van der Waals surface area contributed by atoms with Gasteiger partial charge in [0.2, 0.25) is 0 Å². The van der Waals surface area contributed by atoms with E-state index in [-0.39, 0.29) is 6.03 Å². The van der Waals surface area contributed by atoms with Crippen molar-refractivity contribution in [1.82, 2.24) is 25.4 Å². The first-order chi connectivity index (χ1) is 10.8. The van der Waals surface area contributed by atoms with Gasteiger partial charge in [0.05, 0.1) is 0 Å². The number of urea groups is 1. The highest BCUT2D eigenvalue weighted by Gasteiger charge is 2.17. The van der Waals surface area contributed by atoms with E-state index < -0.39 is 0 Å². The van der Waals surface area contributed by atoms with Gasteiger partial charge in [-0.2, -0.15) is 11.8 Å². The lowest BCUT2D eigenvalue weighted by Gasteiger charge is -2.11. The average molecular weight is 323 g/mol. The second kappa shape index (κ2) is 7.85. The van der Waals surface area contributed by atoms with Crippen LogP contribution in [0.3, 0.4) is 0 Å². The van der Waals surface area contributed by atoms with Gasteiger partial charge < -0.3 is 15.2 Å². The summed E-state index contributed by atoms with van der Waals surface area (Å²) in [4.78, 5) is 11.8. The Morgan fingerprint density at radius 3 is 3.09 bits per heavy atom. The fourth-order valence-electron chi connectivity index (χ4n) is 3.06. The number of aryl methyl sites for hydroxylation is 1. The zero-order valence-corrected chi connectivity index (χ0v) is 13.8. The molecule has 1 aromatic rings. The average Bonchev–Trinajstić information content (AvgIpc) is 3.11. The first-order valence-electron chi connectivity index (χ1n) is 8.33. The Kier molecular flexibility index (Phi) is 5.58. The predicted molar refractivity (Wildman–Crippen MR) is 88.1 cm³/mol.